The summed E-state index contributed by atoms with van der Waals surface area (Å²) >= 11 is 0. The standard InChI is InChI=1S/C29H34N4O8S/c1-19-8-10-24(11-9-19)42(38,39)32-14-12-31(13-15-32)16-17-41-29(35)26-21(3)30-20(2)25(28(34)40-4)27(26)22-6-5-7-23(18-22)33(36)37/h5-11,18,26-27H,12-17H2,1-4H3/p+1/t26?,27-/m0/s1. The number of nitro groups is 1. The Morgan fingerprint density at radius 2 is 1.76 bits per heavy atom. The lowest BCUT2D eigenvalue weighted by Crippen LogP contribution is -3.15. The molecule has 224 valence electrons. The molecular weight excluding hydrogens is 564 g/mol. The topological polar surface area (TPSA) is 150 Å². The minimum absolute atomic E-state index is 0.0700. The molecule has 13 heteroatoms. The number of esters is 2. The first-order valence-corrected chi connectivity index (χ1v) is 15.0. The smallest absolute Gasteiger partial charge is 0.336 e. The van der Waals surface area contributed by atoms with Crippen molar-refractivity contribution in [2.24, 2.45) is 10.9 Å². The van der Waals surface area contributed by atoms with Gasteiger partial charge in [-0.15, -0.1) is 0 Å². The van der Waals surface area contributed by atoms with Gasteiger partial charge in [0.2, 0.25) is 10.0 Å². The van der Waals surface area contributed by atoms with Crippen molar-refractivity contribution >= 4 is 33.4 Å². The lowest BCUT2D eigenvalue weighted by Gasteiger charge is -2.32. The molecule has 2 heterocycles. The Morgan fingerprint density at radius 1 is 1.10 bits per heavy atom. The molecule has 2 aromatic rings. The normalized spacial score (nSPS) is 20.1. The molecule has 0 saturated carbocycles. The van der Waals surface area contributed by atoms with Crippen molar-refractivity contribution in [3.63, 3.8) is 0 Å². The van der Waals surface area contributed by atoms with Gasteiger partial charge < -0.3 is 14.4 Å². The van der Waals surface area contributed by atoms with Crippen molar-refractivity contribution in [1.29, 1.82) is 0 Å². The molecule has 42 heavy (non-hydrogen) atoms. The summed E-state index contributed by atoms with van der Waals surface area (Å²) < 4.78 is 38.1. The van der Waals surface area contributed by atoms with Gasteiger partial charge in [0, 0.05) is 29.5 Å². The summed E-state index contributed by atoms with van der Waals surface area (Å²) in [4.78, 5) is 43.0. The summed E-state index contributed by atoms with van der Waals surface area (Å²) in [6.45, 7) is 7.51. The largest absolute Gasteiger partial charge is 0.466 e. The van der Waals surface area contributed by atoms with E-state index in [1.165, 1.54) is 29.6 Å². The van der Waals surface area contributed by atoms with Gasteiger partial charge in [-0.1, -0.05) is 29.8 Å². The van der Waals surface area contributed by atoms with E-state index >= 15 is 0 Å². The molecule has 1 fully saturated rings. The predicted molar refractivity (Wildman–Crippen MR) is 154 cm³/mol. The summed E-state index contributed by atoms with van der Waals surface area (Å²) in [7, 11) is -2.36. The monoisotopic (exact) mass is 599 g/mol. The molecule has 0 aliphatic carbocycles. The molecule has 2 aliphatic rings. The summed E-state index contributed by atoms with van der Waals surface area (Å²) in [5.41, 5.74) is 2.14. The Morgan fingerprint density at radius 3 is 2.38 bits per heavy atom. The number of piperazine rings is 1. The van der Waals surface area contributed by atoms with Crippen molar-refractivity contribution in [3.05, 3.63) is 81.0 Å². The number of benzene rings is 2. The number of allylic oxidation sites excluding steroid dienone is 1. The zero-order chi connectivity index (χ0) is 30.6. The molecule has 0 amide bonds. The molecule has 0 aromatic heterocycles. The third kappa shape index (κ3) is 6.58. The number of nitro benzene ring substituents is 1. The molecule has 2 aliphatic heterocycles. The summed E-state index contributed by atoms with van der Waals surface area (Å²) in [6, 6.07) is 12.6. The first kappa shape index (κ1) is 31.0. The minimum atomic E-state index is -3.58. The number of aliphatic imine (C=N–C) groups is 1. The van der Waals surface area contributed by atoms with Crippen LogP contribution in [0.5, 0.6) is 0 Å². The van der Waals surface area contributed by atoms with Crippen LogP contribution in [-0.4, -0.2) is 81.7 Å². The number of hydrogen-bond acceptors (Lipinski definition) is 9. The number of ether oxygens (including phenoxy) is 2. The van der Waals surface area contributed by atoms with Crippen molar-refractivity contribution in [2.45, 2.75) is 31.6 Å². The average molecular weight is 600 g/mol. The van der Waals surface area contributed by atoms with E-state index in [1.807, 2.05) is 6.92 Å². The predicted octanol–water partition coefficient (Wildman–Crippen LogP) is 1.66. The maximum Gasteiger partial charge on any atom is 0.336 e. The highest BCUT2D eigenvalue weighted by atomic mass is 32.2. The van der Waals surface area contributed by atoms with Crippen molar-refractivity contribution in [1.82, 2.24) is 4.31 Å². The number of carbonyl (C=O) groups excluding carboxylic acids is 2. The van der Waals surface area contributed by atoms with Crippen LogP contribution in [0.15, 0.2) is 69.7 Å². The van der Waals surface area contributed by atoms with E-state index in [9.17, 15) is 28.1 Å². The first-order valence-electron chi connectivity index (χ1n) is 13.6. The molecule has 4 rings (SSSR count). The van der Waals surface area contributed by atoms with Gasteiger partial charge in [-0.3, -0.25) is 19.9 Å². The minimum Gasteiger partial charge on any atom is -0.466 e. The molecule has 2 atom stereocenters. The molecule has 1 saturated heterocycles. The SMILES string of the molecule is COC(=O)C1=C(C)N=C(C)C(C(=O)OCC[NH+]2CCN(S(=O)(=O)c3ccc(C)cc3)CC2)[C@H]1c1cccc([N+](=O)[O-])c1. The van der Waals surface area contributed by atoms with E-state index in [2.05, 4.69) is 4.99 Å². The molecule has 1 N–H and O–H groups in total. The van der Waals surface area contributed by atoms with Crippen molar-refractivity contribution in [3.8, 4) is 0 Å². The number of nitrogens with zero attached hydrogens (tertiary/aromatic N) is 3. The third-order valence-electron chi connectivity index (χ3n) is 7.72. The Hall–Kier alpha value is -3.94. The number of quaternary nitrogens is 1. The summed E-state index contributed by atoms with van der Waals surface area (Å²) in [5, 5.41) is 11.5. The third-order valence-corrected chi connectivity index (χ3v) is 9.63. The number of non-ortho nitro benzene ring substituents is 1. The number of rotatable bonds is 9. The lowest BCUT2D eigenvalue weighted by molar-refractivity contribution is -0.903. The number of sulfonamides is 1. The van der Waals surface area contributed by atoms with Gasteiger partial charge in [0.25, 0.3) is 5.69 Å². The number of aryl methyl sites for hydroxylation is 1. The van der Waals surface area contributed by atoms with Crippen LogP contribution in [0.25, 0.3) is 0 Å². The second kappa shape index (κ2) is 12.9. The molecule has 0 spiro atoms. The molecule has 0 bridgehead atoms. The van der Waals surface area contributed by atoms with Crippen LogP contribution < -0.4 is 4.90 Å². The fraction of sp³-hybridized carbons (Fsp3) is 0.414. The molecule has 1 unspecified atom stereocenters. The average Bonchev–Trinajstić information content (AvgIpc) is 2.97. The van der Waals surface area contributed by atoms with E-state index in [1.54, 1.807) is 44.2 Å². The molecular formula is C29H35N4O8S+. The van der Waals surface area contributed by atoms with Gasteiger partial charge in [0.05, 0.1) is 48.7 Å². The van der Waals surface area contributed by atoms with E-state index in [4.69, 9.17) is 9.47 Å². The summed E-state index contributed by atoms with van der Waals surface area (Å²) in [6.07, 6.45) is 0. The van der Waals surface area contributed by atoms with Crippen molar-refractivity contribution in [2.75, 3.05) is 46.4 Å². The Balaban J connectivity index is 1.43. The van der Waals surface area contributed by atoms with E-state index in [0.717, 1.165) is 10.5 Å². The van der Waals surface area contributed by atoms with Crippen LogP contribution in [0.3, 0.4) is 0 Å². The number of carbonyl (C=O) groups is 2. The Kier molecular flexibility index (Phi) is 9.54. The Labute approximate surface area is 244 Å². The van der Waals surface area contributed by atoms with Gasteiger partial charge in [0.15, 0.2) is 0 Å². The van der Waals surface area contributed by atoms with Crippen LogP contribution >= 0.6 is 0 Å². The van der Waals surface area contributed by atoms with Gasteiger partial charge in [-0.05, 0) is 38.5 Å². The van der Waals surface area contributed by atoms with E-state index in [0.29, 0.717) is 49.7 Å². The van der Waals surface area contributed by atoms with Crippen molar-refractivity contribution < 1.29 is 37.3 Å². The fourth-order valence-electron chi connectivity index (χ4n) is 5.45. The van der Waals surface area contributed by atoms with E-state index < -0.39 is 38.7 Å². The maximum atomic E-state index is 13.5. The van der Waals surface area contributed by atoms with Crippen LogP contribution in [0, 0.1) is 23.0 Å². The molecule has 12 nitrogen and oxygen atoms in total. The number of methoxy groups -OCH3 is 1. The number of hydrogen-bond donors (Lipinski definition) is 1. The summed E-state index contributed by atoms with van der Waals surface area (Å²) in [5.74, 6) is -3.16. The highest BCUT2D eigenvalue weighted by Crippen LogP contribution is 2.40. The quantitative estimate of drug-likeness (QED) is 0.260. The second-order valence-corrected chi connectivity index (χ2v) is 12.4. The molecule has 0 radical (unpaired) electrons. The highest BCUT2D eigenvalue weighted by Gasteiger charge is 2.43. The first-order chi connectivity index (χ1) is 19.9. The van der Waals surface area contributed by atoms with Crippen LogP contribution in [-0.2, 0) is 29.1 Å². The van der Waals surface area contributed by atoms with Crippen LogP contribution in [0.4, 0.5) is 5.69 Å². The van der Waals surface area contributed by atoms with Gasteiger partial charge in [-0.25, -0.2) is 13.2 Å². The lowest BCUT2D eigenvalue weighted by atomic mass is 9.75. The zero-order valence-corrected chi connectivity index (χ0v) is 24.8. The van der Waals surface area contributed by atoms with Crippen LogP contribution in [0.1, 0.15) is 30.9 Å². The zero-order valence-electron chi connectivity index (χ0n) is 24.0. The van der Waals surface area contributed by atoms with Gasteiger partial charge in [0.1, 0.15) is 19.1 Å². The highest BCUT2D eigenvalue weighted by molar-refractivity contribution is 7.89. The fourth-order valence-corrected chi connectivity index (χ4v) is 6.89. The van der Waals surface area contributed by atoms with Crippen LogP contribution in [0.2, 0.25) is 0 Å². The Bertz CT molecular complexity index is 1530. The molecule has 2 aromatic carbocycles. The second-order valence-electron chi connectivity index (χ2n) is 10.4. The van der Waals surface area contributed by atoms with E-state index in [-0.39, 0.29) is 22.8 Å². The maximum absolute atomic E-state index is 13.5. The number of nitrogens with one attached hydrogen (secondary N) is 1. The van der Waals surface area contributed by atoms with Gasteiger partial charge >= 0.3 is 11.9 Å². The van der Waals surface area contributed by atoms with Gasteiger partial charge in [-0.2, -0.15) is 4.31 Å².